The lowest BCUT2D eigenvalue weighted by molar-refractivity contribution is -0.367. The molecule has 0 fully saturated rings. The second-order valence-corrected chi connectivity index (χ2v) is 23.3. The normalized spacial score (nSPS) is 12.4. The lowest BCUT2D eigenvalue weighted by Crippen LogP contribution is -2.53. The molecule has 8 aromatic rings. The third-order valence-electron chi connectivity index (χ3n) is 16.1. The van der Waals surface area contributed by atoms with Gasteiger partial charge in [0, 0.05) is 21.7 Å². The van der Waals surface area contributed by atoms with Crippen LogP contribution in [-0.2, 0) is 21.7 Å². The zero-order valence-electron chi connectivity index (χ0n) is 47.8. The van der Waals surface area contributed by atoms with Gasteiger partial charge in [-0.25, -0.2) is 0 Å². The summed E-state index contributed by atoms with van der Waals surface area (Å²) >= 11 is 0. The molecule has 400 valence electrons. The molecule has 0 saturated carbocycles. The van der Waals surface area contributed by atoms with Gasteiger partial charge in [0.25, 0.3) is 0 Å². The van der Waals surface area contributed by atoms with Gasteiger partial charge in [0.05, 0.1) is 0 Å². The van der Waals surface area contributed by atoms with Crippen LogP contribution in [-0.4, -0.2) is 26.6 Å². The third-order valence-corrected chi connectivity index (χ3v) is 16.1. The van der Waals surface area contributed by atoms with Crippen molar-refractivity contribution in [2.75, 3.05) is 0 Å². The number of phenols is 4. The van der Waals surface area contributed by atoms with Crippen molar-refractivity contribution in [2.45, 2.75) is 139 Å². The van der Waals surface area contributed by atoms with Crippen LogP contribution in [0.15, 0.2) is 146 Å². The van der Waals surface area contributed by atoms with E-state index in [1.807, 2.05) is 201 Å². The summed E-state index contributed by atoms with van der Waals surface area (Å²) < 4.78 is 27.9. The van der Waals surface area contributed by atoms with Crippen LogP contribution in [0.4, 0.5) is 0 Å². The smallest absolute Gasteiger partial charge is 0.507 e. The molecule has 0 aliphatic carbocycles. The minimum Gasteiger partial charge on any atom is -0.507 e. The first-order valence-electron chi connectivity index (χ1n) is 26.4. The molecule has 0 aliphatic heterocycles. The fraction of sp³-hybridized carbons (Fsp3) is 0.304. The molecule has 0 saturated heterocycles. The SMILES string of the molecule is Cc1cc(C(C)(C)c2ccc(OC(Oc3ccc(C(C)(C)c4cc(C)c(O)c(C)c4)cc3)(Oc3ccc(C(C)(C)c4cc(C)c(O)c(C)c4)cc3)Oc3ccc(C(C)(C)c4cc(C)c(O)c(C)c4)cc3)cc2)cc(C)c1O. The quantitative estimate of drug-likeness (QED) is 0.0707. The molecule has 0 radical (unpaired) electrons. The Morgan fingerprint density at radius 1 is 0.234 bits per heavy atom. The topological polar surface area (TPSA) is 118 Å². The third kappa shape index (κ3) is 11.1. The Morgan fingerprint density at radius 3 is 0.519 bits per heavy atom. The Labute approximate surface area is 456 Å². The summed E-state index contributed by atoms with van der Waals surface area (Å²) in [6.07, 6.45) is -2.27. The van der Waals surface area contributed by atoms with Crippen LogP contribution < -0.4 is 18.9 Å². The minimum absolute atomic E-state index is 0.298. The predicted molar refractivity (Wildman–Crippen MR) is 310 cm³/mol. The maximum Gasteiger partial charge on any atom is 0.611 e. The monoisotopic (exact) mass is 1030 g/mol. The largest absolute Gasteiger partial charge is 0.611 e. The Morgan fingerprint density at radius 2 is 0.377 bits per heavy atom. The van der Waals surface area contributed by atoms with Gasteiger partial charge < -0.3 is 39.4 Å². The molecule has 4 N–H and O–H groups in total. The standard InChI is InChI=1S/C69H76O8/c1-41-33-53(34-42(2)61(41)70)65(9,10)49-17-25-57(26-18-49)74-69(75-58-27-19-50(20-28-58)66(11,12)54-35-43(3)62(71)44(4)36-54,76-59-29-21-51(22-30-59)67(13,14)55-37-45(5)63(72)46(6)38-55)77-60-31-23-52(24-32-60)68(15,16)56-39-47(7)64(73)48(8)40-56/h17-40,70-73H,1-16H3. The summed E-state index contributed by atoms with van der Waals surface area (Å²) in [7, 11) is 0. The number of aromatic hydroxyl groups is 4. The van der Waals surface area contributed by atoms with Crippen molar-refractivity contribution in [1.29, 1.82) is 0 Å². The van der Waals surface area contributed by atoms with E-state index in [-0.39, 0.29) is 0 Å². The Kier molecular flexibility index (Phi) is 14.8. The molecule has 0 unspecified atom stereocenters. The molecule has 77 heavy (non-hydrogen) atoms. The minimum atomic E-state index is -2.27. The van der Waals surface area contributed by atoms with Crippen LogP contribution in [0.5, 0.6) is 46.0 Å². The highest BCUT2D eigenvalue weighted by molar-refractivity contribution is 5.53. The van der Waals surface area contributed by atoms with Gasteiger partial charge in [-0.3, -0.25) is 0 Å². The van der Waals surface area contributed by atoms with Crippen molar-refractivity contribution >= 4 is 0 Å². The summed E-state index contributed by atoms with van der Waals surface area (Å²) in [5, 5.41) is 42.5. The zero-order chi connectivity index (χ0) is 56.2. The lowest BCUT2D eigenvalue weighted by atomic mass is 9.77. The van der Waals surface area contributed by atoms with Crippen molar-refractivity contribution in [3.05, 3.63) is 235 Å². The number of rotatable bonds is 16. The average Bonchev–Trinajstić information content (AvgIpc) is 3.38. The van der Waals surface area contributed by atoms with E-state index in [4.69, 9.17) is 18.9 Å². The molecule has 8 heteroatoms. The van der Waals surface area contributed by atoms with Gasteiger partial charge in [-0.2, -0.15) is 0 Å². The first kappa shape index (κ1) is 55.4. The van der Waals surface area contributed by atoms with Crippen LogP contribution in [0.3, 0.4) is 0 Å². The molecule has 0 amide bonds. The van der Waals surface area contributed by atoms with Gasteiger partial charge >= 0.3 is 6.16 Å². The summed E-state index contributed by atoms with van der Waals surface area (Å²) in [4.78, 5) is 0. The van der Waals surface area contributed by atoms with Gasteiger partial charge in [0.15, 0.2) is 0 Å². The van der Waals surface area contributed by atoms with Crippen molar-refractivity contribution in [3.63, 3.8) is 0 Å². The van der Waals surface area contributed by atoms with E-state index in [9.17, 15) is 20.4 Å². The number of hydrogen-bond acceptors (Lipinski definition) is 8. The molecule has 0 heterocycles. The van der Waals surface area contributed by atoms with Crippen molar-refractivity contribution in [3.8, 4) is 46.0 Å². The number of phenolic OH excluding ortho intramolecular Hbond substituents is 4. The molecule has 0 atom stereocenters. The maximum absolute atomic E-state index is 10.6. The average molecular weight is 1030 g/mol. The molecule has 8 aromatic carbocycles. The van der Waals surface area contributed by atoms with Gasteiger partial charge in [0.1, 0.15) is 46.0 Å². The Balaban J connectivity index is 1.23. The number of benzene rings is 8. The van der Waals surface area contributed by atoms with Gasteiger partial charge in [-0.05, 0) is 193 Å². The fourth-order valence-corrected chi connectivity index (χ4v) is 10.4. The summed E-state index contributed by atoms with van der Waals surface area (Å²) in [6.45, 7) is 32.6. The second kappa shape index (κ2) is 20.6. The van der Waals surface area contributed by atoms with Crippen molar-refractivity contribution in [1.82, 2.24) is 0 Å². The molecule has 0 aromatic heterocycles. The molecule has 0 bridgehead atoms. The maximum atomic E-state index is 10.6. The van der Waals surface area contributed by atoms with E-state index in [0.29, 0.717) is 46.0 Å². The molecule has 8 nitrogen and oxygen atoms in total. The highest BCUT2D eigenvalue weighted by Crippen LogP contribution is 2.42. The first-order chi connectivity index (χ1) is 36.0. The van der Waals surface area contributed by atoms with Crippen LogP contribution in [0.2, 0.25) is 0 Å². The van der Waals surface area contributed by atoms with Crippen molar-refractivity contribution < 1.29 is 39.4 Å². The van der Waals surface area contributed by atoms with Crippen LogP contribution in [0.1, 0.15) is 144 Å². The van der Waals surface area contributed by atoms with Crippen LogP contribution in [0.25, 0.3) is 0 Å². The van der Waals surface area contributed by atoms with Crippen molar-refractivity contribution in [2.24, 2.45) is 0 Å². The molecule has 0 aliphatic rings. The Hall–Kier alpha value is -7.84. The summed E-state index contributed by atoms with van der Waals surface area (Å²) in [5.41, 5.74) is 13.1. The predicted octanol–water partition coefficient (Wildman–Crippen LogP) is 16.5. The molecule has 0 spiro atoms. The number of hydrogen-bond donors (Lipinski definition) is 4. The highest BCUT2D eigenvalue weighted by atomic mass is 17.0. The number of aryl methyl sites for hydroxylation is 8. The fourth-order valence-electron chi connectivity index (χ4n) is 10.4. The van der Waals surface area contributed by atoms with E-state index in [0.717, 1.165) is 89.0 Å². The molecular weight excluding hydrogens is 957 g/mol. The van der Waals surface area contributed by atoms with Gasteiger partial charge in [-0.1, -0.05) is 152 Å². The molecule has 8 rings (SSSR count). The second-order valence-electron chi connectivity index (χ2n) is 23.3. The zero-order valence-corrected chi connectivity index (χ0v) is 47.8. The highest BCUT2D eigenvalue weighted by Gasteiger charge is 2.45. The van der Waals surface area contributed by atoms with Crippen LogP contribution >= 0.6 is 0 Å². The summed E-state index contributed by atoms with van der Waals surface area (Å²) in [6, 6.07) is 47.5. The van der Waals surface area contributed by atoms with Gasteiger partial charge in [-0.15, -0.1) is 0 Å². The first-order valence-corrected chi connectivity index (χ1v) is 26.4. The van der Waals surface area contributed by atoms with E-state index in [2.05, 4.69) is 55.4 Å². The van der Waals surface area contributed by atoms with Gasteiger partial charge in [0.2, 0.25) is 0 Å². The van der Waals surface area contributed by atoms with E-state index in [1.165, 1.54) is 0 Å². The van der Waals surface area contributed by atoms with E-state index in [1.54, 1.807) is 0 Å². The van der Waals surface area contributed by atoms with Crippen LogP contribution in [0, 0.1) is 55.4 Å². The molecular formula is C69H76O8. The number of ether oxygens (including phenoxy) is 4. The Bertz CT molecular complexity index is 2890. The lowest BCUT2D eigenvalue weighted by Gasteiger charge is -2.34. The summed E-state index contributed by atoms with van der Waals surface area (Å²) in [5.74, 6) is 2.82. The van der Waals surface area contributed by atoms with E-state index >= 15 is 0 Å². The van der Waals surface area contributed by atoms with E-state index < -0.39 is 27.8 Å².